The third-order valence-corrected chi connectivity index (χ3v) is 3.99. The van der Waals surface area contributed by atoms with Crippen molar-refractivity contribution < 1.29 is 19.1 Å². The standard InChI is InChI=1S/C17H19NO4/c1-3-9-17(15(19)21-2)10-12-18(13-11-17)16(20)22-14-7-5-4-6-8-14/h1,4-8H,9-13H2,2H3. The maximum Gasteiger partial charge on any atom is 0.415 e. The molecule has 1 saturated heterocycles. The van der Waals surface area contributed by atoms with Crippen molar-refractivity contribution >= 4 is 12.1 Å². The fourth-order valence-corrected chi connectivity index (χ4v) is 2.64. The van der Waals surface area contributed by atoms with Gasteiger partial charge in [0.2, 0.25) is 0 Å². The highest BCUT2D eigenvalue weighted by molar-refractivity contribution is 5.78. The number of ether oxygens (including phenoxy) is 2. The number of hydrogen-bond acceptors (Lipinski definition) is 4. The third-order valence-electron chi connectivity index (χ3n) is 3.99. The number of carbonyl (C=O) groups is 2. The molecule has 116 valence electrons. The van der Waals surface area contributed by atoms with Crippen LogP contribution in [0.25, 0.3) is 0 Å². The summed E-state index contributed by atoms with van der Waals surface area (Å²) < 4.78 is 10.2. The quantitative estimate of drug-likeness (QED) is 0.635. The Hall–Kier alpha value is -2.48. The van der Waals surface area contributed by atoms with E-state index in [0.717, 1.165) is 0 Å². The second-order valence-electron chi connectivity index (χ2n) is 5.32. The molecule has 1 heterocycles. The van der Waals surface area contributed by atoms with E-state index in [0.29, 0.717) is 38.1 Å². The van der Waals surface area contributed by atoms with E-state index in [1.165, 1.54) is 7.11 Å². The summed E-state index contributed by atoms with van der Waals surface area (Å²) in [6.07, 6.45) is 6.24. The number of carbonyl (C=O) groups excluding carboxylic acids is 2. The van der Waals surface area contributed by atoms with Crippen molar-refractivity contribution in [3.63, 3.8) is 0 Å². The summed E-state index contributed by atoms with van der Waals surface area (Å²) in [5, 5.41) is 0. The average molecular weight is 301 g/mol. The molecule has 0 aromatic heterocycles. The van der Waals surface area contributed by atoms with Crippen LogP contribution >= 0.6 is 0 Å². The molecule has 0 saturated carbocycles. The van der Waals surface area contributed by atoms with E-state index in [1.807, 2.05) is 6.07 Å². The van der Waals surface area contributed by atoms with E-state index in [4.69, 9.17) is 15.9 Å². The second-order valence-corrected chi connectivity index (χ2v) is 5.32. The number of likely N-dealkylation sites (tertiary alicyclic amines) is 1. The van der Waals surface area contributed by atoms with Crippen molar-refractivity contribution in [2.45, 2.75) is 19.3 Å². The topological polar surface area (TPSA) is 55.8 Å². The van der Waals surface area contributed by atoms with Gasteiger partial charge in [0.1, 0.15) is 5.75 Å². The molecule has 1 aromatic rings. The van der Waals surface area contributed by atoms with Crippen LogP contribution in [0.5, 0.6) is 5.75 Å². The van der Waals surface area contributed by atoms with Crippen LogP contribution in [-0.4, -0.2) is 37.2 Å². The number of amides is 1. The first-order valence-electron chi connectivity index (χ1n) is 7.15. The van der Waals surface area contributed by atoms with Gasteiger partial charge in [-0.1, -0.05) is 18.2 Å². The predicted octanol–water partition coefficient (Wildman–Crippen LogP) is 2.46. The van der Waals surface area contributed by atoms with Crippen LogP contribution in [-0.2, 0) is 9.53 Å². The summed E-state index contributed by atoms with van der Waals surface area (Å²) in [4.78, 5) is 25.7. The summed E-state index contributed by atoms with van der Waals surface area (Å²) in [7, 11) is 1.36. The van der Waals surface area contributed by atoms with Crippen LogP contribution in [0.1, 0.15) is 19.3 Å². The number of benzene rings is 1. The van der Waals surface area contributed by atoms with Gasteiger partial charge in [-0.3, -0.25) is 4.79 Å². The normalized spacial score (nSPS) is 16.5. The molecule has 5 heteroatoms. The summed E-state index contributed by atoms with van der Waals surface area (Å²) in [6, 6.07) is 8.89. The van der Waals surface area contributed by atoms with Crippen molar-refractivity contribution in [2.24, 2.45) is 5.41 Å². The summed E-state index contributed by atoms with van der Waals surface area (Å²) >= 11 is 0. The van der Waals surface area contributed by atoms with Gasteiger partial charge in [0.15, 0.2) is 0 Å². The fraction of sp³-hybridized carbons (Fsp3) is 0.412. The highest BCUT2D eigenvalue weighted by atomic mass is 16.6. The zero-order chi connectivity index (χ0) is 16.0. The summed E-state index contributed by atoms with van der Waals surface area (Å²) in [5.41, 5.74) is -0.687. The fourth-order valence-electron chi connectivity index (χ4n) is 2.64. The first-order valence-corrected chi connectivity index (χ1v) is 7.15. The lowest BCUT2D eigenvalue weighted by Crippen LogP contribution is -2.47. The molecule has 1 amide bonds. The van der Waals surface area contributed by atoms with Gasteiger partial charge in [-0.15, -0.1) is 12.3 Å². The lowest BCUT2D eigenvalue weighted by molar-refractivity contribution is -0.155. The molecule has 2 rings (SSSR count). The van der Waals surface area contributed by atoms with Crippen LogP contribution in [0.15, 0.2) is 30.3 Å². The summed E-state index contributed by atoms with van der Waals surface area (Å²) in [6.45, 7) is 0.838. The number of para-hydroxylation sites is 1. The smallest absolute Gasteiger partial charge is 0.415 e. The number of nitrogens with zero attached hydrogens (tertiary/aromatic N) is 1. The van der Waals surface area contributed by atoms with Crippen molar-refractivity contribution in [3.8, 4) is 18.1 Å². The van der Waals surface area contributed by atoms with Crippen molar-refractivity contribution in [1.82, 2.24) is 4.90 Å². The molecule has 1 aliphatic heterocycles. The maximum atomic E-state index is 12.1. The van der Waals surface area contributed by atoms with Crippen molar-refractivity contribution in [2.75, 3.05) is 20.2 Å². The van der Waals surface area contributed by atoms with Gasteiger partial charge in [0, 0.05) is 19.5 Å². The molecule has 1 aliphatic rings. The third kappa shape index (κ3) is 3.40. The molecule has 0 N–H and O–H groups in total. The van der Waals surface area contributed by atoms with Crippen LogP contribution in [0.4, 0.5) is 4.79 Å². The lowest BCUT2D eigenvalue weighted by Gasteiger charge is -2.38. The molecule has 5 nitrogen and oxygen atoms in total. The number of methoxy groups -OCH3 is 1. The largest absolute Gasteiger partial charge is 0.469 e. The van der Waals surface area contributed by atoms with Gasteiger partial charge in [-0.2, -0.15) is 0 Å². The molecule has 0 unspecified atom stereocenters. The van der Waals surface area contributed by atoms with Crippen molar-refractivity contribution in [1.29, 1.82) is 0 Å². The van der Waals surface area contributed by atoms with Crippen LogP contribution in [0, 0.1) is 17.8 Å². The highest BCUT2D eigenvalue weighted by Crippen LogP contribution is 2.36. The Bertz CT molecular complexity index is 568. The molecular weight excluding hydrogens is 282 g/mol. The van der Waals surface area contributed by atoms with Gasteiger partial charge in [0.25, 0.3) is 0 Å². The summed E-state index contributed by atoms with van der Waals surface area (Å²) in [5.74, 6) is 2.74. The van der Waals surface area contributed by atoms with E-state index in [9.17, 15) is 9.59 Å². The first-order chi connectivity index (χ1) is 10.6. The Morgan fingerprint density at radius 3 is 2.45 bits per heavy atom. The molecule has 0 radical (unpaired) electrons. The molecule has 22 heavy (non-hydrogen) atoms. The molecule has 1 fully saturated rings. The molecule has 1 aromatic carbocycles. The van der Waals surface area contributed by atoms with E-state index in [2.05, 4.69) is 5.92 Å². The van der Waals surface area contributed by atoms with Gasteiger partial charge in [0.05, 0.1) is 12.5 Å². The Morgan fingerprint density at radius 2 is 1.91 bits per heavy atom. The molecule has 0 spiro atoms. The molecule has 0 aliphatic carbocycles. The number of piperidine rings is 1. The Labute approximate surface area is 130 Å². The number of esters is 1. The SMILES string of the molecule is C#CCC1(C(=O)OC)CCN(C(=O)Oc2ccccc2)CC1. The molecular formula is C17H19NO4. The monoisotopic (exact) mass is 301 g/mol. The lowest BCUT2D eigenvalue weighted by atomic mass is 9.76. The van der Waals surface area contributed by atoms with Crippen LogP contribution < -0.4 is 4.74 Å². The zero-order valence-corrected chi connectivity index (χ0v) is 12.6. The second kappa shape index (κ2) is 6.99. The van der Waals surface area contributed by atoms with Crippen molar-refractivity contribution in [3.05, 3.63) is 30.3 Å². The predicted molar refractivity (Wildman–Crippen MR) is 81.2 cm³/mol. The van der Waals surface area contributed by atoms with Gasteiger partial charge in [-0.25, -0.2) is 4.79 Å². The molecule has 0 atom stereocenters. The van der Waals surface area contributed by atoms with Gasteiger partial charge in [-0.05, 0) is 25.0 Å². The molecule has 0 bridgehead atoms. The van der Waals surface area contributed by atoms with E-state index in [1.54, 1.807) is 29.2 Å². The van der Waals surface area contributed by atoms with E-state index >= 15 is 0 Å². The minimum absolute atomic E-state index is 0.304. The van der Waals surface area contributed by atoms with E-state index < -0.39 is 11.5 Å². The van der Waals surface area contributed by atoms with Crippen LogP contribution in [0.2, 0.25) is 0 Å². The van der Waals surface area contributed by atoms with Crippen LogP contribution in [0.3, 0.4) is 0 Å². The van der Waals surface area contributed by atoms with Gasteiger partial charge >= 0.3 is 12.1 Å². The van der Waals surface area contributed by atoms with Gasteiger partial charge < -0.3 is 14.4 Å². The number of hydrogen-bond donors (Lipinski definition) is 0. The minimum Gasteiger partial charge on any atom is -0.469 e. The average Bonchev–Trinajstić information content (AvgIpc) is 2.55. The minimum atomic E-state index is -0.687. The maximum absolute atomic E-state index is 12.1. The Balaban J connectivity index is 1.97. The Morgan fingerprint density at radius 1 is 1.27 bits per heavy atom. The van der Waals surface area contributed by atoms with E-state index in [-0.39, 0.29) is 5.97 Å². The Kier molecular flexibility index (Phi) is 5.05. The first kappa shape index (κ1) is 15.9. The highest BCUT2D eigenvalue weighted by Gasteiger charge is 2.43. The number of rotatable bonds is 3. The zero-order valence-electron chi connectivity index (χ0n) is 12.6. The number of terminal acetylenes is 1.